The van der Waals surface area contributed by atoms with Gasteiger partial charge in [-0.2, -0.15) is 0 Å². The Bertz CT molecular complexity index is 689. The largest absolute Gasteiger partial charge is 0.469 e. The number of Topliss-reactive ketones (excluding diaryl/α,β-unsaturated/α-hetero) is 1. The average Bonchev–Trinajstić information content (AvgIpc) is 3.00. The van der Waals surface area contributed by atoms with Gasteiger partial charge in [-0.25, -0.2) is 0 Å². The zero-order valence-corrected chi connectivity index (χ0v) is 12.4. The Morgan fingerprint density at radius 1 is 1.23 bits per heavy atom. The number of carbonyl (C=O) groups excluding carboxylic acids is 1. The summed E-state index contributed by atoms with van der Waals surface area (Å²) in [4.78, 5) is 17.4. The normalized spacial score (nSPS) is 27.9. The van der Waals surface area contributed by atoms with Gasteiger partial charge in [0.05, 0.1) is 17.9 Å². The van der Waals surface area contributed by atoms with E-state index in [1.807, 2.05) is 30.3 Å². The Hall–Kier alpha value is -2.40. The molecule has 3 unspecified atom stereocenters. The Morgan fingerprint density at radius 2 is 1.95 bits per heavy atom. The second kappa shape index (κ2) is 5.42. The number of furan rings is 1. The summed E-state index contributed by atoms with van der Waals surface area (Å²) in [6, 6.07) is 13.0. The second-order valence-electron chi connectivity index (χ2n) is 5.57. The second-order valence-corrected chi connectivity index (χ2v) is 5.57. The first-order valence-corrected chi connectivity index (χ1v) is 7.08. The van der Waals surface area contributed by atoms with Crippen molar-refractivity contribution in [1.29, 1.82) is 0 Å². The SMILES string of the molecule is CC(=O)C1C(c2ccco2)C(c2ccccc2)=NOC1(C)O. The number of hydrogen-bond donors (Lipinski definition) is 1. The fourth-order valence-corrected chi connectivity index (χ4v) is 2.94. The molecule has 2 aromatic rings. The average molecular weight is 299 g/mol. The summed E-state index contributed by atoms with van der Waals surface area (Å²) in [5.41, 5.74) is 1.40. The molecule has 0 aliphatic carbocycles. The number of benzene rings is 1. The fraction of sp³-hybridized carbons (Fsp3) is 0.294. The lowest BCUT2D eigenvalue weighted by Crippen LogP contribution is -2.49. The molecule has 5 heteroatoms. The summed E-state index contributed by atoms with van der Waals surface area (Å²) in [5, 5.41) is 14.5. The van der Waals surface area contributed by atoms with Crippen LogP contribution in [0.15, 0.2) is 58.3 Å². The highest BCUT2D eigenvalue weighted by molar-refractivity contribution is 6.07. The van der Waals surface area contributed by atoms with Gasteiger partial charge in [-0.15, -0.1) is 0 Å². The molecule has 1 N–H and O–H groups in total. The molecule has 1 aromatic heterocycles. The summed E-state index contributed by atoms with van der Waals surface area (Å²) in [6.45, 7) is 2.88. The monoisotopic (exact) mass is 299 g/mol. The van der Waals surface area contributed by atoms with Crippen LogP contribution in [0.4, 0.5) is 0 Å². The minimum absolute atomic E-state index is 0.185. The number of hydrogen-bond acceptors (Lipinski definition) is 5. The van der Waals surface area contributed by atoms with Gasteiger partial charge >= 0.3 is 0 Å². The lowest BCUT2D eigenvalue weighted by atomic mass is 9.76. The van der Waals surface area contributed by atoms with Gasteiger partial charge in [-0.3, -0.25) is 4.79 Å². The Balaban J connectivity index is 2.16. The summed E-state index contributed by atoms with van der Waals surface area (Å²) < 4.78 is 5.50. The maximum Gasteiger partial charge on any atom is 0.242 e. The van der Waals surface area contributed by atoms with Gasteiger partial charge in [-0.1, -0.05) is 35.5 Å². The van der Waals surface area contributed by atoms with Crippen LogP contribution in [0.2, 0.25) is 0 Å². The molecule has 2 heterocycles. The zero-order valence-electron chi connectivity index (χ0n) is 12.4. The van der Waals surface area contributed by atoms with Gasteiger partial charge in [-0.05, 0) is 19.1 Å². The summed E-state index contributed by atoms with van der Waals surface area (Å²) in [7, 11) is 0. The lowest BCUT2D eigenvalue weighted by molar-refractivity contribution is -0.230. The molecule has 0 spiro atoms. The van der Waals surface area contributed by atoms with Crippen LogP contribution in [0.25, 0.3) is 0 Å². The topological polar surface area (TPSA) is 72.0 Å². The van der Waals surface area contributed by atoms with Crippen molar-refractivity contribution in [1.82, 2.24) is 0 Å². The third kappa shape index (κ3) is 2.44. The van der Waals surface area contributed by atoms with Crippen LogP contribution in [-0.4, -0.2) is 22.4 Å². The first-order valence-electron chi connectivity index (χ1n) is 7.08. The number of oxime groups is 1. The van der Waals surface area contributed by atoms with Crippen LogP contribution in [0.1, 0.15) is 31.1 Å². The lowest BCUT2D eigenvalue weighted by Gasteiger charge is -2.38. The van der Waals surface area contributed by atoms with Gasteiger partial charge in [0.15, 0.2) is 0 Å². The third-order valence-electron chi connectivity index (χ3n) is 3.89. The molecule has 22 heavy (non-hydrogen) atoms. The van der Waals surface area contributed by atoms with Crippen molar-refractivity contribution in [2.75, 3.05) is 0 Å². The molecular weight excluding hydrogens is 282 g/mol. The number of ketones is 1. The van der Waals surface area contributed by atoms with Crippen LogP contribution < -0.4 is 0 Å². The van der Waals surface area contributed by atoms with E-state index in [0.717, 1.165) is 5.56 Å². The van der Waals surface area contributed by atoms with Crippen molar-refractivity contribution in [3.63, 3.8) is 0 Å². The summed E-state index contributed by atoms with van der Waals surface area (Å²) >= 11 is 0. The van der Waals surface area contributed by atoms with Crippen molar-refractivity contribution >= 4 is 11.5 Å². The van der Waals surface area contributed by atoms with E-state index < -0.39 is 17.6 Å². The summed E-state index contributed by atoms with van der Waals surface area (Å²) in [5.74, 6) is -2.59. The maximum atomic E-state index is 12.2. The molecule has 1 aliphatic rings. The van der Waals surface area contributed by atoms with Crippen molar-refractivity contribution in [3.8, 4) is 0 Å². The van der Waals surface area contributed by atoms with Gasteiger partial charge in [0.25, 0.3) is 0 Å². The molecule has 0 saturated carbocycles. The first-order chi connectivity index (χ1) is 10.5. The van der Waals surface area contributed by atoms with Crippen molar-refractivity contribution in [2.24, 2.45) is 11.1 Å². The van der Waals surface area contributed by atoms with Crippen LogP contribution in [0.3, 0.4) is 0 Å². The number of nitrogens with zero attached hydrogens (tertiary/aromatic N) is 1. The maximum absolute atomic E-state index is 12.2. The molecule has 3 atom stereocenters. The van der Waals surface area contributed by atoms with Crippen LogP contribution >= 0.6 is 0 Å². The van der Waals surface area contributed by atoms with E-state index in [9.17, 15) is 9.90 Å². The minimum atomic E-state index is -1.68. The van der Waals surface area contributed by atoms with Gasteiger partial charge in [0.2, 0.25) is 5.79 Å². The summed E-state index contributed by atoms with van der Waals surface area (Å²) in [6.07, 6.45) is 1.54. The highest BCUT2D eigenvalue weighted by atomic mass is 16.7. The van der Waals surface area contributed by atoms with E-state index in [4.69, 9.17) is 9.25 Å². The minimum Gasteiger partial charge on any atom is -0.469 e. The smallest absolute Gasteiger partial charge is 0.242 e. The van der Waals surface area contributed by atoms with Crippen LogP contribution in [-0.2, 0) is 9.63 Å². The molecule has 1 aliphatic heterocycles. The molecule has 1 aromatic carbocycles. The number of carbonyl (C=O) groups is 1. The Morgan fingerprint density at radius 3 is 2.55 bits per heavy atom. The fourth-order valence-electron chi connectivity index (χ4n) is 2.94. The number of rotatable bonds is 3. The molecular formula is C17H17NO4. The zero-order chi connectivity index (χ0) is 15.7. The molecule has 114 valence electrons. The standard InChI is InChI=1S/C17H17NO4/c1-11(19)15-14(13-9-6-10-21-13)16(18-22-17(15,2)20)12-7-4-3-5-8-12/h3-10,14-15,20H,1-2H3. The molecule has 0 fully saturated rings. The van der Waals surface area contributed by atoms with Gasteiger partial charge in [0, 0.05) is 12.5 Å². The molecule has 0 saturated heterocycles. The highest BCUT2D eigenvalue weighted by Crippen LogP contribution is 2.41. The third-order valence-corrected chi connectivity index (χ3v) is 3.89. The highest BCUT2D eigenvalue weighted by Gasteiger charge is 2.50. The predicted octanol–water partition coefficient (Wildman–Crippen LogP) is 2.71. The van der Waals surface area contributed by atoms with Crippen molar-refractivity contribution in [3.05, 3.63) is 60.1 Å². The number of aliphatic hydroxyl groups is 1. The predicted molar refractivity (Wildman–Crippen MR) is 80.3 cm³/mol. The van der Waals surface area contributed by atoms with Crippen molar-refractivity contribution < 1.29 is 19.2 Å². The molecule has 0 amide bonds. The first kappa shape index (κ1) is 14.5. The van der Waals surface area contributed by atoms with E-state index >= 15 is 0 Å². The molecule has 0 bridgehead atoms. The molecule has 5 nitrogen and oxygen atoms in total. The van der Waals surface area contributed by atoms with E-state index in [-0.39, 0.29) is 5.78 Å². The van der Waals surface area contributed by atoms with Crippen LogP contribution in [0.5, 0.6) is 0 Å². The van der Waals surface area contributed by atoms with Crippen molar-refractivity contribution in [2.45, 2.75) is 25.6 Å². The van der Waals surface area contributed by atoms with E-state index in [1.165, 1.54) is 13.8 Å². The Kier molecular flexibility index (Phi) is 3.58. The van der Waals surface area contributed by atoms with Crippen LogP contribution in [0, 0.1) is 5.92 Å². The van der Waals surface area contributed by atoms with E-state index in [0.29, 0.717) is 11.5 Å². The van der Waals surface area contributed by atoms with E-state index in [1.54, 1.807) is 18.4 Å². The van der Waals surface area contributed by atoms with Gasteiger partial charge in [0.1, 0.15) is 17.5 Å². The quantitative estimate of drug-likeness (QED) is 0.946. The van der Waals surface area contributed by atoms with Gasteiger partial charge < -0.3 is 14.4 Å². The molecule has 3 rings (SSSR count). The van der Waals surface area contributed by atoms with E-state index in [2.05, 4.69) is 5.16 Å². The Labute approximate surface area is 128 Å². The molecule has 0 radical (unpaired) electrons.